The van der Waals surface area contributed by atoms with Crippen LogP contribution in [0.2, 0.25) is 0 Å². The van der Waals surface area contributed by atoms with E-state index in [1.807, 2.05) is 6.92 Å². The van der Waals surface area contributed by atoms with Crippen molar-refractivity contribution < 1.29 is 14.3 Å². The minimum atomic E-state index is -0.870. The third-order valence-corrected chi connectivity index (χ3v) is 2.48. The Bertz CT molecular complexity index is 412. The Kier molecular flexibility index (Phi) is 3.66. The van der Waals surface area contributed by atoms with Crippen LogP contribution in [0.15, 0.2) is 18.2 Å². The number of benzene rings is 1. The number of carbonyl (C=O) groups excluding carboxylic acids is 2. The first kappa shape index (κ1) is 12.2. The Morgan fingerprint density at radius 1 is 1.38 bits per heavy atom. The lowest BCUT2D eigenvalue weighted by atomic mass is 9.91. The molecule has 0 aromatic heterocycles. The molecule has 0 aliphatic heterocycles. The van der Waals surface area contributed by atoms with Gasteiger partial charge in [-0.25, -0.2) is 0 Å². The Morgan fingerprint density at radius 2 is 2.00 bits per heavy atom. The van der Waals surface area contributed by atoms with Gasteiger partial charge in [-0.3, -0.25) is 9.59 Å². The number of hydrogen-bond acceptors (Lipinski definition) is 3. The zero-order chi connectivity index (χ0) is 12.3. The maximum Gasteiger partial charge on any atom is 0.232 e. The number of hydrogen-bond donors (Lipinski definition) is 1. The Labute approximate surface area is 94.4 Å². The van der Waals surface area contributed by atoms with Gasteiger partial charge in [-0.1, -0.05) is 6.07 Å². The number of carbonyl (C=O) groups is 2. The van der Waals surface area contributed by atoms with Gasteiger partial charge in [-0.15, -0.1) is 0 Å². The van der Waals surface area contributed by atoms with E-state index >= 15 is 0 Å². The molecule has 0 radical (unpaired) electrons. The van der Waals surface area contributed by atoms with Crippen molar-refractivity contribution in [2.45, 2.75) is 19.8 Å². The van der Waals surface area contributed by atoms with Crippen LogP contribution in [0, 0.1) is 6.92 Å². The molecule has 0 saturated heterocycles. The van der Waals surface area contributed by atoms with Crippen LogP contribution in [0.3, 0.4) is 0 Å². The number of rotatable bonds is 4. The second kappa shape index (κ2) is 4.79. The van der Waals surface area contributed by atoms with Crippen LogP contribution in [0.25, 0.3) is 0 Å². The van der Waals surface area contributed by atoms with E-state index < -0.39 is 11.8 Å². The van der Waals surface area contributed by atoms with Crippen LogP contribution in [0.1, 0.15) is 24.0 Å². The van der Waals surface area contributed by atoms with E-state index in [0.717, 1.165) is 5.56 Å². The van der Waals surface area contributed by atoms with E-state index in [0.29, 0.717) is 11.3 Å². The Morgan fingerprint density at radius 3 is 2.38 bits per heavy atom. The fourth-order valence-electron chi connectivity index (χ4n) is 1.67. The molecular weight excluding hydrogens is 206 g/mol. The van der Waals surface area contributed by atoms with Gasteiger partial charge >= 0.3 is 0 Å². The van der Waals surface area contributed by atoms with Crippen LogP contribution < -0.4 is 10.5 Å². The average Bonchev–Trinajstić information content (AvgIpc) is 2.19. The van der Waals surface area contributed by atoms with Crippen molar-refractivity contribution in [1.82, 2.24) is 0 Å². The summed E-state index contributed by atoms with van der Waals surface area (Å²) in [6.07, 6.45) is 0. The van der Waals surface area contributed by atoms with Crippen molar-refractivity contribution in [3.8, 4) is 5.75 Å². The SMILES string of the molecule is COc1ccc(C(C(C)=O)C(N)=O)c(C)c1. The molecule has 0 aliphatic rings. The molecule has 1 unspecified atom stereocenters. The van der Waals surface area contributed by atoms with Crippen molar-refractivity contribution in [1.29, 1.82) is 0 Å². The molecule has 1 aromatic carbocycles. The molecular formula is C12H15NO3. The number of aryl methyl sites for hydroxylation is 1. The van der Waals surface area contributed by atoms with Gasteiger partial charge in [0.05, 0.1) is 7.11 Å². The summed E-state index contributed by atoms with van der Waals surface area (Å²) >= 11 is 0. The standard InChI is InChI=1S/C12H15NO3/c1-7-6-9(16-3)4-5-10(7)11(8(2)14)12(13)15/h4-6,11H,1-3H3,(H2,13,15). The van der Waals surface area contributed by atoms with Crippen LogP contribution in [-0.2, 0) is 9.59 Å². The van der Waals surface area contributed by atoms with Gasteiger partial charge in [-0.2, -0.15) is 0 Å². The summed E-state index contributed by atoms with van der Waals surface area (Å²) in [4.78, 5) is 22.6. The highest BCUT2D eigenvalue weighted by atomic mass is 16.5. The lowest BCUT2D eigenvalue weighted by Crippen LogP contribution is -2.27. The zero-order valence-corrected chi connectivity index (χ0v) is 9.61. The van der Waals surface area contributed by atoms with Crippen molar-refractivity contribution in [2.75, 3.05) is 7.11 Å². The summed E-state index contributed by atoms with van der Waals surface area (Å²) in [6.45, 7) is 3.18. The fraction of sp³-hybridized carbons (Fsp3) is 0.333. The lowest BCUT2D eigenvalue weighted by Gasteiger charge is -2.14. The normalized spacial score (nSPS) is 11.9. The summed E-state index contributed by atoms with van der Waals surface area (Å²) in [7, 11) is 1.56. The summed E-state index contributed by atoms with van der Waals surface area (Å²) in [6, 6.07) is 5.18. The van der Waals surface area contributed by atoms with E-state index in [4.69, 9.17) is 10.5 Å². The van der Waals surface area contributed by atoms with E-state index in [1.165, 1.54) is 6.92 Å². The summed E-state index contributed by atoms with van der Waals surface area (Å²) in [5.41, 5.74) is 6.68. The van der Waals surface area contributed by atoms with Gasteiger partial charge in [0.1, 0.15) is 17.5 Å². The van der Waals surface area contributed by atoms with Gasteiger partial charge in [0.15, 0.2) is 0 Å². The van der Waals surface area contributed by atoms with Gasteiger partial charge < -0.3 is 10.5 Å². The second-order valence-electron chi connectivity index (χ2n) is 3.67. The minimum Gasteiger partial charge on any atom is -0.497 e. The van der Waals surface area contributed by atoms with E-state index in [-0.39, 0.29) is 5.78 Å². The van der Waals surface area contributed by atoms with E-state index in [9.17, 15) is 9.59 Å². The highest BCUT2D eigenvalue weighted by Crippen LogP contribution is 2.24. The van der Waals surface area contributed by atoms with Crippen molar-refractivity contribution >= 4 is 11.7 Å². The smallest absolute Gasteiger partial charge is 0.232 e. The molecule has 4 heteroatoms. The lowest BCUT2D eigenvalue weighted by molar-refractivity contribution is -0.127. The van der Waals surface area contributed by atoms with Crippen molar-refractivity contribution in [3.63, 3.8) is 0 Å². The van der Waals surface area contributed by atoms with Gasteiger partial charge in [0, 0.05) is 0 Å². The summed E-state index contributed by atoms with van der Waals surface area (Å²) < 4.78 is 5.05. The molecule has 2 N–H and O–H groups in total. The molecule has 0 aliphatic carbocycles. The quantitative estimate of drug-likeness (QED) is 0.776. The summed E-state index contributed by atoms with van der Waals surface area (Å²) in [5.74, 6) is -1.06. The average molecular weight is 221 g/mol. The van der Waals surface area contributed by atoms with Crippen LogP contribution in [0.4, 0.5) is 0 Å². The van der Waals surface area contributed by atoms with Crippen molar-refractivity contribution in [2.24, 2.45) is 5.73 Å². The number of methoxy groups -OCH3 is 1. The van der Waals surface area contributed by atoms with E-state index in [1.54, 1.807) is 25.3 Å². The van der Waals surface area contributed by atoms with Crippen LogP contribution >= 0.6 is 0 Å². The minimum absolute atomic E-state index is 0.249. The van der Waals surface area contributed by atoms with E-state index in [2.05, 4.69) is 0 Å². The van der Waals surface area contributed by atoms with Crippen LogP contribution in [-0.4, -0.2) is 18.8 Å². The fourth-order valence-corrected chi connectivity index (χ4v) is 1.67. The number of ketones is 1. The molecule has 0 fully saturated rings. The topological polar surface area (TPSA) is 69.4 Å². The number of ether oxygens (including phenoxy) is 1. The number of Topliss-reactive ketones (excluding diaryl/α,β-unsaturated/α-hetero) is 1. The first-order valence-corrected chi connectivity index (χ1v) is 4.91. The molecule has 0 spiro atoms. The number of amides is 1. The number of primary amides is 1. The first-order valence-electron chi connectivity index (χ1n) is 4.91. The molecule has 0 heterocycles. The van der Waals surface area contributed by atoms with Gasteiger partial charge in [0.25, 0.3) is 0 Å². The number of nitrogens with two attached hydrogens (primary N) is 1. The Balaban J connectivity index is 3.20. The molecule has 1 amide bonds. The maximum absolute atomic E-state index is 11.4. The summed E-state index contributed by atoms with van der Waals surface area (Å²) in [5, 5.41) is 0. The molecule has 1 rings (SSSR count). The Hall–Kier alpha value is -1.84. The molecule has 0 bridgehead atoms. The maximum atomic E-state index is 11.4. The molecule has 0 saturated carbocycles. The molecule has 4 nitrogen and oxygen atoms in total. The van der Waals surface area contributed by atoms with Gasteiger partial charge in [0.2, 0.25) is 5.91 Å². The van der Waals surface area contributed by atoms with Crippen molar-refractivity contribution in [3.05, 3.63) is 29.3 Å². The second-order valence-corrected chi connectivity index (χ2v) is 3.67. The molecule has 1 atom stereocenters. The third kappa shape index (κ3) is 2.39. The molecule has 1 aromatic rings. The highest BCUT2D eigenvalue weighted by Gasteiger charge is 2.24. The highest BCUT2D eigenvalue weighted by molar-refractivity contribution is 6.05. The molecule has 86 valence electrons. The monoisotopic (exact) mass is 221 g/mol. The van der Waals surface area contributed by atoms with Gasteiger partial charge in [-0.05, 0) is 37.1 Å². The zero-order valence-electron chi connectivity index (χ0n) is 9.61. The predicted octanol–water partition coefficient (Wildman–Crippen LogP) is 1.16. The predicted molar refractivity (Wildman–Crippen MR) is 60.3 cm³/mol. The molecule has 16 heavy (non-hydrogen) atoms. The third-order valence-electron chi connectivity index (χ3n) is 2.48. The van der Waals surface area contributed by atoms with Crippen LogP contribution in [0.5, 0.6) is 5.75 Å². The largest absolute Gasteiger partial charge is 0.497 e. The first-order chi connectivity index (χ1) is 7.47.